The van der Waals surface area contributed by atoms with Gasteiger partial charge in [-0.3, -0.25) is 4.79 Å². The molecule has 0 amide bonds. The predicted molar refractivity (Wildman–Crippen MR) is 38.4 cm³/mol. The lowest BCUT2D eigenvalue weighted by molar-refractivity contribution is 0.0698. The lowest BCUT2D eigenvalue weighted by atomic mass is 10.2. The minimum absolute atomic E-state index is 0.172. The first kappa shape index (κ1) is 7.33. The fourth-order valence-corrected chi connectivity index (χ4v) is 0.677. The molecule has 0 saturated carbocycles. The monoisotopic (exact) mass is 154 g/mol. The Kier molecular flexibility index (Phi) is 1.63. The molecule has 58 valence electrons. The minimum Gasteiger partial charge on any atom is -0.478 e. The van der Waals surface area contributed by atoms with Gasteiger partial charge in [0.1, 0.15) is 5.69 Å². The van der Waals surface area contributed by atoms with Crippen LogP contribution in [0.2, 0.25) is 0 Å². The highest BCUT2D eigenvalue weighted by Gasteiger charge is 2.08. The maximum Gasteiger partial charge on any atom is 0.338 e. The number of carboxylic acid groups (broad SMARTS) is 1. The van der Waals surface area contributed by atoms with Gasteiger partial charge in [-0.2, -0.15) is 0 Å². The number of aromatic amines is 1. The van der Waals surface area contributed by atoms with Crippen LogP contribution in [0.4, 0.5) is 5.69 Å². The van der Waals surface area contributed by atoms with E-state index >= 15 is 0 Å². The molecule has 4 N–H and O–H groups in total. The molecule has 0 spiro atoms. The summed E-state index contributed by atoms with van der Waals surface area (Å²) in [6.45, 7) is 0. The summed E-state index contributed by atoms with van der Waals surface area (Å²) < 4.78 is 0. The number of nitrogens with two attached hydrogens (primary N) is 1. The molecule has 0 aliphatic heterocycles. The Morgan fingerprint density at radius 1 is 1.64 bits per heavy atom. The third-order valence-corrected chi connectivity index (χ3v) is 1.23. The molecule has 5 nitrogen and oxygen atoms in total. The number of nitrogen functional groups attached to an aromatic ring is 1. The summed E-state index contributed by atoms with van der Waals surface area (Å²) in [6.07, 6.45) is 1.24. The molecular weight excluding hydrogens is 148 g/mol. The molecule has 5 heteroatoms. The second-order valence-corrected chi connectivity index (χ2v) is 1.94. The maximum absolute atomic E-state index is 10.7. The van der Waals surface area contributed by atoms with E-state index in [9.17, 15) is 9.59 Å². The Morgan fingerprint density at radius 3 is 2.73 bits per heavy atom. The summed E-state index contributed by atoms with van der Waals surface area (Å²) in [5.74, 6) is -1.20. The van der Waals surface area contributed by atoms with Crippen molar-refractivity contribution in [3.8, 4) is 0 Å². The number of aromatic nitrogens is 1. The van der Waals surface area contributed by atoms with Crippen LogP contribution in [0.5, 0.6) is 0 Å². The average Bonchev–Trinajstić information content (AvgIpc) is 1.94. The molecule has 0 atom stereocenters. The van der Waals surface area contributed by atoms with Crippen molar-refractivity contribution in [2.45, 2.75) is 0 Å². The van der Waals surface area contributed by atoms with Crippen LogP contribution in [0.25, 0.3) is 0 Å². The number of aromatic carboxylic acids is 1. The van der Waals surface area contributed by atoms with E-state index < -0.39 is 11.5 Å². The van der Waals surface area contributed by atoms with E-state index in [4.69, 9.17) is 10.8 Å². The molecule has 0 aromatic carbocycles. The van der Waals surface area contributed by atoms with Crippen molar-refractivity contribution in [2.24, 2.45) is 0 Å². The van der Waals surface area contributed by atoms with Crippen LogP contribution in [-0.4, -0.2) is 16.1 Å². The number of anilines is 1. The molecule has 0 aliphatic carbocycles. The first-order chi connectivity index (χ1) is 5.13. The number of hydrogen-bond acceptors (Lipinski definition) is 3. The molecule has 1 rings (SSSR count). The fourth-order valence-electron chi connectivity index (χ4n) is 0.677. The van der Waals surface area contributed by atoms with Crippen LogP contribution in [0.15, 0.2) is 17.1 Å². The van der Waals surface area contributed by atoms with Crippen molar-refractivity contribution in [3.63, 3.8) is 0 Å². The minimum atomic E-state index is -1.20. The predicted octanol–water partition coefficient (Wildman–Crippen LogP) is -0.345. The summed E-state index contributed by atoms with van der Waals surface area (Å²) >= 11 is 0. The van der Waals surface area contributed by atoms with Gasteiger partial charge in [-0.15, -0.1) is 0 Å². The fraction of sp³-hybridized carbons (Fsp3) is 0. The van der Waals surface area contributed by atoms with Crippen LogP contribution in [0.3, 0.4) is 0 Å². The van der Waals surface area contributed by atoms with E-state index in [2.05, 4.69) is 4.98 Å². The van der Waals surface area contributed by atoms with Crippen LogP contribution >= 0.6 is 0 Å². The zero-order chi connectivity index (χ0) is 8.43. The molecule has 0 fully saturated rings. The van der Waals surface area contributed by atoms with E-state index in [1.807, 2.05) is 0 Å². The van der Waals surface area contributed by atoms with E-state index in [0.717, 1.165) is 0 Å². The van der Waals surface area contributed by atoms with Gasteiger partial charge in [0.2, 0.25) is 0 Å². The quantitative estimate of drug-likeness (QED) is 0.515. The normalized spacial score (nSPS) is 9.45. The Hall–Kier alpha value is -1.78. The van der Waals surface area contributed by atoms with Crippen molar-refractivity contribution in [1.29, 1.82) is 0 Å². The lowest BCUT2D eigenvalue weighted by Gasteiger charge is -1.95. The zero-order valence-corrected chi connectivity index (χ0v) is 5.50. The van der Waals surface area contributed by atoms with Crippen molar-refractivity contribution >= 4 is 11.7 Å². The van der Waals surface area contributed by atoms with Crippen molar-refractivity contribution in [2.75, 3.05) is 5.73 Å². The highest BCUT2D eigenvalue weighted by Crippen LogP contribution is 2.02. The largest absolute Gasteiger partial charge is 0.478 e. The standard InChI is InChI=1S/C6H6N2O3/c7-4-3(6(10)11)1-2-8-5(4)9/h1-2H,7H2,(H,8,9)(H,10,11). The second-order valence-electron chi connectivity index (χ2n) is 1.94. The summed E-state index contributed by atoms with van der Waals surface area (Å²) in [6, 6.07) is 1.24. The van der Waals surface area contributed by atoms with E-state index in [1.165, 1.54) is 12.3 Å². The lowest BCUT2D eigenvalue weighted by Crippen LogP contribution is -2.16. The average molecular weight is 154 g/mol. The summed E-state index contributed by atoms with van der Waals surface area (Å²) in [5.41, 5.74) is 4.14. The summed E-state index contributed by atoms with van der Waals surface area (Å²) in [5, 5.41) is 8.46. The van der Waals surface area contributed by atoms with Gasteiger partial charge in [0.25, 0.3) is 5.56 Å². The molecule has 11 heavy (non-hydrogen) atoms. The van der Waals surface area contributed by atoms with Crippen molar-refractivity contribution < 1.29 is 9.90 Å². The Balaban J connectivity index is 3.39. The van der Waals surface area contributed by atoms with Crippen molar-refractivity contribution in [3.05, 3.63) is 28.2 Å². The molecule has 1 aromatic heterocycles. The number of carbonyl (C=O) groups is 1. The molecule has 0 radical (unpaired) electrons. The SMILES string of the molecule is Nc1c(C(=O)O)cc[nH]c1=O. The van der Waals surface area contributed by atoms with Crippen LogP contribution in [0.1, 0.15) is 10.4 Å². The number of H-pyrrole nitrogens is 1. The molecule has 1 aromatic rings. The van der Waals surface area contributed by atoms with E-state index in [1.54, 1.807) is 0 Å². The Morgan fingerprint density at radius 2 is 2.27 bits per heavy atom. The highest BCUT2D eigenvalue weighted by atomic mass is 16.4. The third kappa shape index (κ3) is 1.21. The molecule has 1 heterocycles. The Bertz CT molecular complexity index is 342. The van der Waals surface area contributed by atoms with Gasteiger partial charge in [0, 0.05) is 6.20 Å². The first-order valence-corrected chi connectivity index (χ1v) is 2.83. The number of nitrogens with one attached hydrogen (secondary N) is 1. The smallest absolute Gasteiger partial charge is 0.338 e. The van der Waals surface area contributed by atoms with Crippen molar-refractivity contribution in [1.82, 2.24) is 4.98 Å². The first-order valence-electron chi connectivity index (χ1n) is 2.83. The van der Waals surface area contributed by atoms with Gasteiger partial charge in [0.05, 0.1) is 5.56 Å². The topological polar surface area (TPSA) is 96.2 Å². The van der Waals surface area contributed by atoms with Crippen LogP contribution < -0.4 is 11.3 Å². The number of pyridine rings is 1. The third-order valence-electron chi connectivity index (χ3n) is 1.23. The van der Waals surface area contributed by atoms with Gasteiger partial charge in [0.15, 0.2) is 0 Å². The zero-order valence-electron chi connectivity index (χ0n) is 5.50. The van der Waals surface area contributed by atoms with E-state index in [-0.39, 0.29) is 11.3 Å². The number of carboxylic acids is 1. The molecule has 0 bridgehead atoms. The van der Waals surface area contributed by atoms with Crippen LogP contribution in [-0.2, 0) is 0 Å². The summed E-state index contributed by atoms with van der Waals surface area (Å²) in [4.78, 5) is 23.3. The van der Waals surface area contributed by atoms with Gasteiger partial charge in [-0.1, -0.05) is 0 Å². The summed E-state index contributed by atoms with van der Waals surface area (Å²) in [7, 11) is 0. The highest BCUT2D eigenvalue weighted by molar-refractivity contribution is 5.93. The number of hydrogen-bond donors (Lipinski definition) is 3. The maximum atomic E-state index is 10.7. The molecule has 0 saturated heterocycles. The Labute approximate surface area is 61.5 Å². The van der Waals surface area contributed by atoms with Gasteiger partial charge >= 0.3 is 5.97 Å². The van der Waals surface area contributed by atoms with Gasteiger partial charge in [-0.25, -0.2) is 4.79 Å². The van der Waals surface area contributed by atoms with Gasteiger partial charge in [-0.05, 0) is 6.07 Å². The number of rotatable bonds is 1. The molecular formula is C6H6N2O3. The van der Waals surface area contributed by atoms with Crippen LogP contribution in [0, 0.1) is 0 Å². The molecule has 0 aliphatic rings. The molecule has 0 unspecified atom stereocenters. The van der Waals surface area contributed by atoms with Gasteiger partial charge < -0.3 is 15.8 Å². The van der Waals surface area contributed by atoms with E-state index in [0.29, 0.717) is 0 Å². The second kappa shape index (κ2) is 2.45.